The summed E-state index contributed by atoms with van der Waals surface area (Å²) in [6.45, 7) is 1.31. The lowest BCUT2D eigenvalue weighted by molar-refractivity contribution is 0.847. The SMILES string of the molecule is I.NC(=NCc1ccc(-n2cncn2)cc1)NCCc1ccccc1. The Balaban J connectivity index is 0.00000225. The topological polar surface area (TPSA) is 81.1 Å². The molecular formula is C18H21IN6. The van der Waals surface area contributed by atoms with Crippen LogP contribution in [-0.4, -0.2) is 27.3 Å². The molecule has 6 nitrogen and oxygen atoms in total. The molecule has 130 valence electrons. The zero-order valence-corrected chi connectivity index (χ0v) is 16.1. The van der Waals surface area contributed by atoms with Gasteiger partial charge in [0.25, 0.3) is 0 Å². The van der Waals surface area contributed by atoms with Crippen LogP contribution < -0.4 is 11.1 Å². The molecule has 7 heteroatoms. The minimum Gasteiger partial charge on any atom is -0.370 e. The second-order valence-corrected chi connectivity index (χ2v) is 5.37. The molecule has 0 aliphatic carbocycles. The number of aliphatic imine (C=N–C) groups is 1. The largest absolute Gasteiger partial charge is 0.370 e. The van der Waals surface area contributed by atoms with Crippen LogP contribution in [0.5, 0.6) is 0 Å². The van der Waals surface area contributed by atoms with Gasteiger partial charge in [-0.3, -0.25) is 0 Å². The zero-order chi connectivity index (χ0) is 16.6. The lowest BCUT2D eigenvalue weighted by Crippen LogP contribution is -2.33. The molecule has 0 spiro atoms. The maximum absolute atomic E-state index is 5.91. The Morgan fingerprint density at radius 1 is 1.04 bits per heavy atom. The first-order chi connectivity index (χ1) is 11.8. The molecule has 3 N–H and O–H groups in total. The van der Waals surface area contributed by atoms with Crippen LogP contribution in [0.4, 0.5) is 0 Å². The van der Waals surface area contributed by atoms with E-state index in [9.17, 15) is 0 Å². The van der Waals surface area contributed by atoms with E-state index in [0.717, 1.165) is 24.2 Å². The van der Waals surface area contributed by atoms with Gasteiger partial charge in [-0.15, -0.1) is 24.0 Å². The van der Waals surface area contributed by atoms with E-state index in [2.05, 4.69) is 32.5 Å². The molecule has 3 aromatic rings. The molecule has 0 unspecified atom stereocenters. The number of nitrogens with zero attached hydrogens (tertiary/aromatic N) is 4. The predicted octanol–water partition coefficient (Wildman–Crippen LogP) is 2.53. The third-order valence-electron chi connectivity index (χ3n) is 3.61. The molecule has 0 fully saturated rings. The average Bonchev–Trinajstić information content (AvgIpc) is 3.16. The predicted molar refractivity (Wildman–Crippen MR) is 110 cm³/mol. The van der Waals surface area contributed by atoms with Crippen molar-refractivity contribution in [2.75, 3.05) is 6.54 Å². The maximum atomic E-state index is 5.91. The minimum absolute atomic E-state index is 0. The lowest BCUT2D eigenvalue weighted by atomic mass is 10.1. The number of hydrogen-bond acceptors (Lipinski definition) is 3. The summed E-state index contributed by atoms with van der Waals surface area (Å²) in [6, 6.07) is 18.3. The summed E-state index contributed by atoms with van der Waals surface area (Å²) in [6.07, 6.45) is 4.10. The number of halogens is 1. The first-order valence-corrected chi connectivity index (χ1v) is 7.83. The first-order valence-electron chi connectivity index (χ1n) is 7.83. The molecule has 0 aliphatic heterocycles. The molecule has 0 aliphatic rings. The monoisotopic (exact) mass is 448 g/mol. The van der Waals surface area contributed by atoms with Gasteiger partial charge >= 0.3 is 0 Å². The average molecular weight is 448 g/mol. The summed E-state index contributed by atoms with van der Waals surface area (Å²) in [7, 11) is 0. The molecule has 0 saturated heterocycles. The lowest BCUT2D eigenvalue weighted by Gasteiger charge is -2.06. The summed E-state index contributed by atoms with van der Waals surface area (Å²) in [5.74, 6) is 0.464. The van der Waals surface area contributed by atoms with Gasteiger partial charge in [0.05, 0.1) is 12.2 Å². The van der Waals surface area contributed by atoms with Crippen LogP contribution in [-0.2, 0) is 13.0 Å². The number of benzene rings is 2. The summed E-state index contributed by atoms with van der Waals surface area (Å²) in [4.78, 5) is 8.30. The number of rotatable bonds is 6. The second-order valence-electron chi connectivity index (χ2n) is 5.37. The molecular weight excluding hydrogens is 427 g/mol. The van der Waals surface area contributed by atoms with Gasteiger partial charge in [-0.2, -0.15) is 5.10 Å². The van der Waals surface area contributed by atoms with Gasteiger partial charge < -0.3 is 11.1 Å². The van der Waals surface area contributed by atoms with E-state index in [4.69, 9.17) is 5.73 Å². The molecule has 0 atom stereocenters. The highest BCUT2D eigenvalue weighted by Gasteiger charge is 1.98. The van der Waals surface area contributed by atoms with E-state index in [1.165, 1.54) is 11.9 Å². The fourth-order valence-corrected chi connectivity index (χ4v) is 2.31. The van der Waals surface area contributed by atoms with Crippen LogP contribution in [0.15, 0.2) is 72.2 Å². The van der Waals surface area contributed by atoms with Gasteiger partial charge in [0.1, 0.15) is 12.7 Å². The van der Waals surface area contributed by atoms with Gasteiger partial charge in [0, 0.05) is 6.54 Å². The standard InChI is InChI=1S/C18H20N6.HI/c19-18(21-11-10-15-4-2-1-3-5-15)22-12-16-6-8-17(9-7-16)24-14-20-13-23-24;/h1-9,13-14H,10-12H2,(H3,19,21,22);1H. The third kappa shape index (κ3) is 5.86. The highest BCUT2D eigenvalue weighted by atomic mass is 127. The van der Waals surface area contributed by atoms with E-state index in [0.29, 0.717) is 12.5 Å². The van der Waals surface area contributed by atoms with E-state index in [1.807, 2.05) is 42.5 Å². The molecule has 25 heavy (non-hydrogen) atoms. The molecule has 0 saturated carbocycles. The quantitative estimate of drug-likeness (QED) is 0.345. The molecule has 1 aromatic heterocycles. The van der Waals surface area contributed by atoms with Crippen molar-refractivity contribution in [1.29, 1.82) is 0 Å². The Hall–Kier alpha value is -2.42. The zero-order valence-electron chi connectivity index (χ0n) is 13.7. The molecule has 0 radical (unpaired) electrons. The Labute approximate surface area is 164 Å². The number of nitrogens with one attached hydrogen (secondary N) is 1. The number of aromatic nitrogens is 3. The van der Waals surface area contributed by atoms with Gasteiger partial charge in [-0.05, 0) is 29.7 Å². The Kier molecular flexibility index (Phi) is 7.39. The van der Waals surface area contributed by atoms with Crippen molar-refractivity contribution in [2.45, 2.75) is 13.0 Å². The molecule has 0 amide bonds. The highest BCUT2D eigenvalue weighted by molar-refractivity contribution is 14.0. The van der Waals surface area contributed by atoms with Crippen molar-refractivity contribution in [1.82, 2.24) is 20.1 Å². The summed E-state index contributed by atoms with van der Waals surface area (Å²) in [5, 5.41) is 7.24. The van der Waals surface area contributed by atoms with Crippen molar-refractivity contribution < 1.29 is 0 Å². The van der Waals surface area contributed by atoms with E-state index in [1.54, 1.807) is 11.0 Å². The molecule has 1 heterocycles. The fraction of sp³-hybridized carbons (Fsp3) is 0.167. The first kappa shape index (κ1) is 18.9. The maximum Gasteiger partial charge on any atom is 0.188 e. The number of hydrogen-bond donors (Lipinski definition) is 2. The third-order valence-corrected chi connectivity index (χ3v) is 3.61. The van der Waals surface area contributed by atoms with Crippen LogP contribution in [0.3, 0.4) is 0 Å². The van der Waals surface area contributed by atoms with Crippen LogP contribution in [0.2, 0.25) is 0 Å². The van der Waals surface area contributed by atoms with Crippen molar-refractivity contribution in [3.05, 3.63) is 78.4 Å². The summed E-state index contributed by atoms with van der Waals surface area (Å²) < 4.78 is 1.71. The van der Waals surface area contributed by atoms with Crippen LogP contribution in [0, 0.1) is 0 Å². The number of nitrogens with two attached hydrogens (primary N) is 1. The molecule has 3 rings (SSSR count). The molecule has 0 bridgehead atoms. The van der Waals surface area contributed by atoms with Gasteiger partial charge in [0.15, 0.2) is 5.96 Å². The Bertz CT molecular complexity index is 769. The van der Waals surface area contributed by atoms with Crippen molar-refractivity contribution in [3.63, 3.8) is 0 Å². The van der Waals surface area contributed by atoms with E-state index < -0.39 is 0 Å². The van der Waals surface area contributed by atoms with Gasteiger partial charge in [-0.25, -0.2) is 14.7 Å². The van der Waals surface area contributed by atoms with Crippen LogP contribution >= 0.6 is 24.0 Å². The highest BCUT2D eigenvalue weighted by Crippen LogP contribution is 2.08. The summed E-state index contributed by atoms with van der Waals surface area (Å²) >= 11 is 0. The van der Waals surface area contributed by atoms with Gasteiger partial charge in [0.2, 0.25) is 0 Å². The summed E-state index contributed by atoms with van der Waals surface area (Å²) in [5.41, 5.74) is 9.24. The Morgan fingerprint density at radius 3 is 2.48 bits per heavy atom. The van der Waals surface area contributed by atoms with Crippen molar-refractivity contribution >= 4 is 29.9 Å². The smallest absolute Gasteiger partial charge is 0.188 e. The molecule has 2 aromatic carbocycles. The van der Waals surface area contributed by atoms with Crippen LogP contribution in [0.1, 0.15) is 11.1 Å². The fourth-order valence-electron chi connectivity index (χ4n) is 2.31. The van der Waals surface area contributed by atoms with Crippen molar-refractivity contribution in [3.8, 4) is 5.69 Å². The normalized spacial score (nSPS) is 11.0. The van der Waals surface area contributed by atoms with E-state index >= 15 is 0 Å². The van der Waals surface area contributed by atoms with Crippen LogP contribution in [0.25, 0.3) is 5.69 Å². The van der Waals surface area contributed by atoms with Crippen molar-refractivity contribution in [2.24, 2.45) is 10.7 Å². The van der Waals surface area contributed by atoms with E-state index in [-0.39, 0.29) is 24.0 Å². The second kappa shape index (κ2) is 9.77. The number of guanidine groups is 1. The Morgan fingerprint density at radius 2 is 1.80 bits per heavy atom. The van der Waals surface area contributed by atoms with Gasteiger partial charge in [-0.1, -0.05) is 42.5 Å². The minimum atomic E-state index is 0.